The first kappa shape index (κ1) is 14.7. The van der Waals surface area contributed by atoms with Gasteiger partial charge in [-0.2, -0.15) is 10.5 Å². The van der Waals surface area contributed by atoms with Crippen LogP contribution in [-0.4, -0.2) is 23.9 Å². The molecule has 1 unspecified atom stereocenters. The van der Waals surface area contributed by atoms with Gasteiger partial charge in [0.25, 0.3) is 0 Å². The molecule has 1 aromatic carbocycles. The van der Waals surface area contributed by atoms with Crippen LogP contribution in [0.2, 0.25) is 0 Å². The SMILES string of the molecule is N#CCCN(CCC#N)C(=O)C(N)c1ccccc1. The van der Waals surface area contributed by atoms with Crippen LogP contribution in [0.5, 0.6) is 0 Å². The standard InChI is InChI=1S/C14H16N4O/c15-8-4-10-18(11-5-9-16)14(19)13(17)12-6-2-1-3-7-12/h1-3,6-7,13H,4-5,10-11,17H2. The van der Waals surface area contributed by atoms with Crippen molar-refractivity contribution < 1.29 is 4.79 Å². The van der Waals surface area contributed by atoms with Gasteiger partial charge in [0.1, 0.15) is 6.04 Å². The van der Waals surface area contributed by atoms with E-state index in [4.69, 9.17) is 16.3 Å². The first-order chi connectivity index (χ1) is 9.20. The highest BCUT2D eigenvalue weighted by Gasteiger charge is 2.21. The summed E-state index contributed by atoms with van der Waals surface area (Å²) in [6, 6.07) is 12.3. The lowest BCUT2D eigenvalue weighted by Crippen LogP contribution is -2.39. The number of benzene rings is 1. The average Bonchev–Trinajstić information content (AvgIpc) is 2.47. The molecule has 1 atom stereocenters. The van der Waals surface area contributed by atoms with Crippen LogP contribution in [0.3, 0.4) is 0 Å². The number of nitrogens with zero attached hydrogens (tertiary/aromatic N) is 3. The van der Waals surface area contributed by atoms with Crippen LogP contribution in [0.15, 0.2) is 30.3 Å². The second kappa shape index (κ2) is 7.86. The Hall–Kier alpha value is -2.37. The van der Waals surface area contributed by atoms with Crippen molar-refractivity contribution in [2.75, 3.05) is 13.1 Å². The maximum absolute atomic E-state index is 12.2. The van der Waals surface area contributed by atoms with Gasteiger partial charge >= 0.3 is 0 Å². The zero-order valence-corrected chi connectivity index (χ0v) is 10.6. The fourth-order valence-electron chi connectivity index (χ4n) is 1.70. The number of hydrogen-bond donors (Lipinski definition) is 1. The Kier molecular flexibility index (Phi) is 6.08. The Balaban J connectivity index is 2.75. The largest absolute Gasteiger partial charge is 0.339 e. The normalized spacial score (nSPS) is 11.1. The van der Waals surface area contributed by atoms with Crippen molar-refractivity contribution >= 4 is 5.91 Å². The maximum atomic E-state index is 12.2. The van der Waals surface area contributed by atoms with Crippen LogP contribution in [0.4, 0.5) is 0 Å². The molecule has 0 radical (unpaired) electrons. The quantitative estimate of drug-likeness (QED) is 0.831. The number of amides is 1. The van der Waals surface area contributed by atoms with Gasteiger partial charge in [0, 0.05) is 13.1 Å². The number of nitriles is 2. The smallest absolute Gasteiger partial charge is 0.244 e. The van der Waals surface area contributed by atoms with E-state index in [9.17, 15) is 4.79 Å². The van der Waals surface area contributed by atoms with E-state index in [-0.39, 0.29) is 18.7 Å². The highest BCUT2D eigenvalue weighted by Crippen LogP contribution is 2.13. The predicted molar refractivity (Wildman–Crippen MR) is 70.4 cm³/mol. The highest BCUT2D eigenvalue weighted by molar-refractivity contribution is 5.83. The van der Waals surface area contributed by atoms with Crippen molar-refractivity contribution in [1.82, 2.24) is 4.90 Å². The Labute approximate surface area is 112 Å². The summed E-state index contributed by atoms with van der Waals surface area (Å²) in [6.07, 6.45) is 0.470. The average molecular weight is 256 g/mol. The van der Waals surface area contributed by atoms with E-state index in [1.165, 1.54) is 4.90 Å². The molecule has 1 amide bonds. The molecule has 0 aliphatic carbocycles. The molecular weight excluding hydrogens is 240 g/mol. The minimum atomic E-state index is -0.751. The third-order valence-electron chi connectivity index (χ3n) is 2.72. The van der Waals surface area contributed by atoms with Crippen LogP contribution in [0, 0.1) is 22.7 Å². The van der Waals surface area contributed by atoms with Crippen LogP contribution >= 0.6 is 0 Å². The van der Waals surface area contributed by atoms with Crippen LogP contribution in [0.1, 0.15) is 24.4 Å². The van der Waals surface area contributed by atoms with E-state index in [1.807, 2.05) is 30.3 Å². The van der Waals surface area contributed by atoms with Crippen molar-refractivity contribution in [3.05, 3.63) is 35.9 Å². The summed E-state index contributed by atoms with van der Waals surface area (Å²) >= 11 is 0. The van der Waals surface area contributed by atoms with Gasteiger partial charge in [-0.25, -0.2) is 0 Å². The zero-order valence-electron chi connectivity index (χ0n) is 10.6. The Morgan fingerprint density at radius 1 is 1.16 bits per heavy atom. The summed E-state index contributed by atoms with van der Waals surface area (Å²) < 4.78 is 0. The fourth-order valence-corrected chi connectivity index (χ4v) is 1.70. The Morgan fingerprint density at radius 2 is 1.68 bits per heavy atom. The lowest BCUT2D eigenvalue weighted by molar-refractivity contribution is -0.132. The molecule has 0 aliphatic rings. The van der Waals surface area contributed by atoms with Gasteiger partial charge in [0.15, 0.2) is 0 Å². The Morgan fingerprint density at radius 3 is 2.16 bits per heavy atom. The molecule has 1 rings (SSSR count). The molecule has 0 spiro atoms. The third-order valence-corrected chi connectivity index (χ3v) is 2.72. The number of nitrogens with two attached hydrogens (primary N) is 1. The number of rotatable bonds is 6. The molecule has 0 saturated heterocycles. The summed E-state index contributed by atoms with van der Waals surface area (Å²) in [6.45, 7) is 0.606. The van der Waals surface area contributed by atoms with E-state index in [0.29, 0.717) is 13.1 Å². The van der Waals surface area contributed by atoms with Gasteiger partial charge < -0.3 is 10.6 Å². The molecule has 0 bridgehead atoms. The molecule has 0 aliphatic heterocycles. The minimum absolute atomic E-state index is 0.235. The summed E-state index contributed by atoms with van der Waals surface area (Å²) in [5.74, 6) is -0.253. The van der Waals surface area contributed by atoms with Crippen LogP contribution in [-0.2, 0) is 4.79 Å². The number of carbonyl (C=O) groups excluding carboxylic acids is 1. The topological polar surface area (TPSA) is 93.9 Å². The molecule has 5 nitrogen and oxygen atoms in total. The van der Waals surface area contributed by atoms with E-state index >= 15 is 0 Å². The monoisotopic (exact) mass is 256 g/mol. The minimum Gasteiger partial charge on any atom is -0.339 e. The predicted octanol–water partition coefficient (Wildman–Crippen LogP) is 1.34. The molecule has 1 aromatic rings. The van der Waals surface area contributed by atoms with Gasteiger partial charge in [0.2, 0.25) is 5.91 Å². The van der Waals surface area contributed by atoms with E-state index in [0.717, 1.165) is 5.56 Å². The molecule has 2 N–H and O–H groups in total. The third kappa shape index (κ3) is 4.42. The molecular formula is C14H16N4O. The van der Waals surface area contributed by atoms with E-state index in [1.54, 1.807) is 12.1 Å². The molecule has 0 fully saturated rings. The van der Waals surface area contributed by atoms with Crippen LogP contribution < -0.4 is 5.73 Å². The lowest BCUT2D eigenvalue weighted by atomic mass is 10.1. The van der Waals surface area contributed by atoms with Gasteiger partial charge in [-0.1, -0.05) is 30.3 Å². The first-order valence-corrected chi connectivity index (χ1v) is 6.04. The second-order valence-corrected chi connectivity index (χ2v) is 4.03. The van der Waals surface area contributed by atoms with Gasteiger partial charge in [-0.05, 0) is 5.56 Å². The molecule has 0 aromatic heterocycles. The van der Waals surface area contributed by atoms with Crippen molar-refractivity contribution in [1.29, 1.82) is 10.5 Å². The van der Waals surface area contributed by atoms with E-state index < -0.39 is 6.04 Å². The summed E-state index contributed by atoms with van der Waals surface area (Å²) in [4.78, 5) is 13.7. The molecule has 0 heterocycles. The summed E-state index contributed by atoms with van der Waals surface area (Å²) in [7, 11) is 0. The second-order valence-electron chi connectivity index (χ2n) is 4.03. The van der Waals surface area contributed by atoms with Crippen molar-refractivity contribution in [2.45, 2.75) is 18.9 Å². The zero-order chi connectivity index (χ0) is 14.1. The molecule has 19 heavy (non-hydrogen) atoms. The van der Waals surface area contributed by atoms with Crippen molar-refractivity contribution in [2.24, 2.45) is 5.73 Å². The summed E-state index contributed by atoms with van der Waals surface area (Å²) in [5, 5.41) is 17.2. The van der Waals surface area contributed by atoms with Gasteiger partial charge in [-0.3, -0.25) is 4.79 Å². The molecule has 0 saturated carbocycles. The lowest BCUT2D eigenvalue weighted by Gasteiger charge is -2.24. The molecule has 98 valence electrons. The number of carbonyl (C=O) groups is 1. The Bertz CT molecular complexity index is 468. The van der Waals surface area contributed by atoms with Crippen LogP contribution in [0.25, 0.3) is 0 Å². The summed E-state index contributed by atoms with van der Waals surface area (Å²) in [5.41, 5.74) is 6.65. The van der Waals surface area contributed by atoms with Gasteiger partial charge in [0.05, 0.1) is 25.0 Å². The molecule has 5 heteroatoms. The maximum Gasteiger partial charge on any atom is 0.244 e. The van der Waals surface area contributed by atoms with Crippen molar-refractivity contribution in [3.8, 4) is 12.1 Å². The fraction of sp³-hybridized carbons (Fsp3) is 0.357. The first-order valence-electron chi connectivity index (χ1n) is 6.04. The van der Waals surface area contributed by atoms with E-state index in [2.05, 4.69) is 0 Å². The van der Waals surface area contributed by atoms with Crippen molar-refractivity contribution in [3.63, 3.8) is 0 Å². The highest BCUT2D eigenvalue weighted by atomic mass is 16.2. The van der Waals surface area contributed by atoms with Gasteiger partial charge in [-0.15, -0.1) is 0 Å². The number of hydrogen-bond acceptors (Lipinski definition) is 4.